The van der Waals surface area contributed by atoms with E-state index in [2.05, 4.69) is 28.8 Å². The summed E-state index contributed by atoms with van der Waals surface area (Å²) in [6, 6.07) is 16.1. The third-order valence-electron chi connectivity index (χ3n) is 3.73. The molecular formula is C21H28N2O2S. The molecule has 0 aliphatic carbocycles. The number of carbonyl (C=O) groups is 1. The first-order valence-electron chi connectivity index (χ1n) is 8.72. The number of nitrogens with one attached hydrogen (secondary N) is 2. The fraction of sp³-hybridized carbons (Fsp3) is 0.381. The highest BCUT2D eigenvalue weighted by molar-refractivity contribution is 7.98. The maximum absolute atomic E-state index is 12.0. The number of carbonyl (C=O) groups excluding carboxylic acids is 1. The highest BCUT2D eigenvalue weighted by atomic mass is 32.2. The molecule has 0 saturated carbocycles. The molecule has 2 aromatic carbocycles. The van der Waals surface area contributed by atoms with Crippen LogP contribution >= 0.6 is 11.8 Å². The zero-order valence-corrected chi connectivity index (χ0v) is 16.8. The lowest BCUT2D eigenvalue weighted by Gasteiger charge is -2.19. The molecule has 0 atom stereocenters. The van der Waals surface area contributed by atoms with Gasteiger partial charge in [0.15, 0.2) is 0 Å². The third kappa shape index (κ3) is 7.50. The van der Waals surface area contributed by atoms with Gasteiger partial charge in [-0.2, -0.15) is 0 Å². The molecule has 26 heavy (non-hydrogen) atoms. The van der Waals surface area contributed by atoms with Crippen molar-refractivity contribution in [2.24, 2.45) is 0 Å². The minimum Gasteiger partial charge on any atom is -0.371 e. The van der Waals surface area contributed by atoms with E-state index >= 15 is 0 Å². The number of amides is 2. The average Bonchev–Trinajstić information content (AvgIpc) is 2.63. The van der Waals surface area contributed by atoms with Gasteiger partial charge in [-0.3, -0.25) is 0 Å². The average molecular weight is 373 g/mol. The largest absolute Gasteiger partial charge is 0.371 e. The van der Waals surface area contributed by atoms with Crippen molar-refractivity contribution in [2.45, 2.75) is 51.0 Å². The molecule has 0 fully saturated rings. The maximum Gasteiger partial charge on any atom is 0.315 e. The van der Waals surface area contributed by atoms with Crippen LogP contribution in [0.25, 0.3) is 0 Å². The van der Waals surface area contributed by atoms with Crippen LogP contribution in [0.1, 0.15) is 37.5 Å². The van der Waals surface area contributed by atoms with E-state index in [1.165, 1.54) is 4.90 Å². The van der Waals surface area contributed by atoms with Crippen LogP contribution in [0.4, 0.5) is 4.79 Å². The molecule has 2 amide bonds. The lowest BCUT2D eigenvalue weighted by atomic mass is 10.1. The molecule has 2 N–H and O–H groups in total. The van der Waals surface area contributed by atoms with E-state index in [1.54, 1.807) is 11.8 Å². The molecule has 0 spiro atoms. The molecule has 0 aromatic heterocycles. The van der Waals surface area contributed by atoms with E-state index in [4.69, 9.17) is 4.74 Å². The Balaban J connectivity index is 1.77. The van der Waals surface area contributed by atoms with Crippen molar-refractivity contribution in [1.82, 2.24) is 10.6 Å². The van der Waals surface area contributed by atoms with Crippen LogP contribution in [0.15, 0.2) is 53.4 Å². The Morgan fingerprint density at radius 3 is 2.19 bits per heavy atom. The summed E-state index contributed by atoms with van der Waals surface area (Å²) in [5.74, 6) is 0. The summed E-state index contributed by atoms with van der Waals surface area (Å²) in [5, 5.41) is 5.78. The Bertz CT molecular complexity index is 709. The van der Waals surface area contributed by atoms with E-state index < -0.39 is 0 Å². The number of thioether (sulfide) groups is 1. The Morgan fingerprint density at radius 1 is 0.962 bits per heavy atom. The SMILES string of the molecule is CSc1ccc(CNC(=O)NCc2cccc(COC(C)(C)C)c2)cc1. The van der Waals surface area contributed by atoms with E-state index in [-0.39, 0.29) is 11.6 Å². The summed E-state index contributed by atoms with van der Waals surface area (Å²) in [6.45, 7) is 7.68. The summed E-state index contributed by atoms with van der Waals surface area (Å²) in [5.41, 5.74) is 3.08. The van der Waals surface area contributed by atoms with Crippen molar-refractivity contribution >= 4 is 17.8 Å². The standard InChI is InChI=1S/C21H28N2O2S/c1-21(2,3)25-15-18-7-5-6-17(12-18)14-23-20(24)22-13-16-8-10-19(26-4)11-9-16/h5-12H,13-15H2,1-4H3,(H2,22,23,24). The van der Waals surface area contributed by atoms with Crippen LogP contribution in [-0.4, -0.2) is 17.9 Å². The molecule has 4 nitrogen and oxygen atoms in total. The Hall–Kier alpha value is -1.98. The van der Waals surface area contributed by atoms with Gasteiger partial charge >= 0.3 is 6.03 Å². The quantitative estimate of drug-likeness (QED) is 0.691. The van der Waals surface area contributed by atoms with Crippen LogP contribution in [0.2, 0.25) is 0 Å². The second kappa shape index (κ2) is 9.64. The highest BCUT2D eigenvalue weighted by Crippen LogP contribution is 2.15. The van der Waals surface area contributed by atoms with Crippen LogP contribution in [-0.2, 0) is 24.4 Å². The fourth-order valence-corrected chi connectivity index (χ4v) is 2.71. The van der Waals surface area contributed by atoms with Gasteiger partial charge in [-0.25, -0.2) is 4.79 Å². The van der Waals surface area contributed by atoms with Gasteiger partial charge in [-0.1, -0.05) is 36.4 Å². The van der Waals surface area contributed by atoms with Crippen LogP contribution in [0, 0.1) is 0 Å². The third-order valence-corrected chi connectivity index (χ3v) is 4.47. The lowest BCUT2D eigenvalue weighted by Crippen LogP contribution is -2.34. The van der Waals surface area contributed by atoms with Gasteiger partial charge in [-0.15, -0.1) is 11.8 Å². The molecule has 0 aliphatic heterocycles. The minimum absolute atomic E-state index is 0.165. The zero-order chi connectivity index (χ0) is 19.0. The molecular weight excluding hydrogens is 344 g/mol. The Morgan fingerprint density at radius 2 is 1.58 bits per heavy atom. The summed E-state index contributed by atoms with van der Waals surface area (Å²) in [7, 11) is 0. The van der Waals surface area contributed by atoms with Crippen LogP contribution < -0.4 is 10.6 Å². The molecule has 0 radical (unpaired) electrons. The van der Waals surface area contributed by atoms with Crippen molar-refractivity contribution in [3.63, 3.8) is 0 Å². The first kappa shape index (κ1) is 20.3. The number of urea groups is 1. The van der Waals surface area contributed by atoms with Crippen molar-refractivity contribution in [3.05, 3.63) is 65.2 Å². The van der Waals surface area contributed by atoms with Crippen LogP contribution in [0.5, 0.6) is 0 Å². The molecule has 5 heteroatoms. The summed E-state index contributed by atoms with van der Waals surface area (Å²) < 4.78 is 5.80. The van der Waals surface area contributed by atoms with Gasteiger partial charge in [0.25, 0.3) is 0 Å². The molecule has 0 saturated heterocycles. The predicted molar refractivity (Wildman–Crippen MR) is 108 cm³/mol. The normalized spacial score (nSPS) is 11.2. The zero-order valence-electron chi connectivity index (χ0n) is 16.0. The summed E-state index contributed by atoms with van der Waals surface area (Å²) in [4.78, 5) is 13.2. The topological polar surface area (TPSA) is 50.4 Å². The molecule has 0 bridgehead atoms. The molecule has 2 aromatic rings. The molecule has 0 heterocycles. The minimum atomic E-state index is -0.171. The smallest absolute Gasteiger partial charge is 0.315 e. The fourth-order valence-electron chi connectivity index (χ4n) is 2.30. The second-order valence-electron chi connectivity index (χ2n) is 7.11. The predicted octanol–water partition coefficient (Wildman–Crippen LogP) is 4.72. The first-order chi connectivity index (χ1) is 12.4. The van der Waals surface area contributed by atoms with E-state index in [0.717, 1.165) is 16.7 Å². The van der Waals surface area contributed by atoms with Gasteiger partial charge in [-0.05, 0) is 55.9 Å². The Kier molecular flexibility index (Phi) is 7.54. The second-order valence-corrected chi connectivity index (χ2v) is 7.98. The molecule has 140 valence electrons. The summed E-state index contributed by atoms with van der Waals surface area (Å²) in [6.07, 6.45) is 2.05. The monoisotopic (exact) mass is 372 g/mol. The van der Waals surface area contributed by atoms with Crippen LogP contribution in [0.3, 0.4) is 0 Å². The van der Waals surface area contributed by atoms with Gasteiger partial charge in [0.2, 0.25) is 0 Å². The first-order valence-corrected chi connectivity index (χ1v) is 9.94. The van der Waals surface area contributed by atoms with Gasteiger partial charge in [0.1, 0.15) is 0 Å². The van der Waals surface area contributed by atoms with E-state index in [0.29, 0.717) is 19.7 Å². The lowest BCUT2D eigenvalue weighted by molar-refractivity contribution is -0.0149. The van der Waals surface area contributed by atoms with Crippen molar-refractivity contribution in [3.8, 4) is 0 Å². The van der Waals surface area contributed by atoms with Gasteiger partial charge in [0, 0.05) is 18.0 Å². The molecule has 0 unspecified atom stereocenters. The van der Waals surface area contributed by atoms with E-state index in [1.807, 2.05) is 57.4 Å². The van der Waals surface area contributed by atoms with Gasteiger partial charge < -0.3 is 15.4 Å². The van der Waals surface area contributed by atoms with Crippen molar-refractivity contribution in [1.29, 1.82) is 0 Å². The number of hydrogen-bond donors (Lipinski definition) is 2. The maximum atomic E-state index is 12.0. The van der Waals surface area contributed by atoms with Crippen molar-refractivity contribution < 1.29 is 9.53 Å². The number of rotatable bonds is 7. The van der Waals surface area contributed by atoms with E-state index in [9.17, 15) is 4.79 Å². The van der Waals surface area contributed by atoms with Crippen molar-refractivity contribution in [2.75, 3.05) is 6.26 Å². The number of hydrogen-bond acceptors (Lipinski definition) is 3. The molecule has 0 aliphatic rings. The summed E-state index contributed by atoms with van der Waals surface area (Å²) >= 11 is 1.70. The van der Waals surface area contributed by atoms with Gasteiger partial charge in [0.05, 0.1) is 12.2 Å². The molecule has 2 rings (SSSR count). The number of benzene rings is 2. The highest BCUT2D eigenvalue weighted by Gasteiger charge is 2.10. The number of ether oxygens (including phenoxy) is 1. The Labute approximate surface area is 160 Å².